The molecule has 0 bridgehead atoms. The summed E-state index contributed by atoms with van der Waals surface area (Å²) in [5.41, 5.74) is -1.51. The van der Waals surface area contributed by atoms with Crippen molar-refractivity contribution >= 4 is 0 Å². The number of methoxy groups -OCH3 is 3. The molecule has 0 radical (unpaired) electrons. The summed E-state index contributed by atoms with van der Waals surface area (Å²) in [7, 11) is 4.34. The summed E-state index contributed by atoms with van der Waals surface area (Å²) in [6.45, 7) is 11.7. The van der Waals surface area contributed by atoms with Crippen LogP contribution in [-0.4, -0.2) is 162 Å². The van der Waals surface area contributed by atoms with Gasteiger partial charge in [-0.3, -0.25) is 0 Å². The molecule has 0 aromatic rings. The van der Waals surface area contributed by atoms with Gasteiger partial charge in [0, 0.05) is 26.7 Å². The smallest absolute Gasteiger partial charge is 0.187 e. The van der Waals surface area contributed by atoms with Crippen LogP contribution in [0, 0.1) is 34.5 Å². The molecule has 4 aliphatic carbocycles. The van der Waals surface area contributed by atoms with E-state index in [1.165, 1.54) is 21.3 Å². The number of aliphatic hydroxyl groups excluding tert-OH is 5. The summed E-state index contributed by atoms with van der Waals surface area (Å²) in [5.74, 6) is 1.25. The van der Waals surface area contributed by atoms with Gasteiger partial charge >= 0.3 is 0 Å². The van der Waals surface area contributed by atoms with Gasteiger partial charge in [0.25, 0.3) is 0 Å². The zero-order valence-electron chi connectivity index (χ0n) is 35.1. The minimum Gasteiger partial charge on any atom is -0.388 e. The number of ether oxygens (including phenoxy) is 9. The van der Waals surface area contributed by atoms with Gasteiger partial charge in [-0.25, -0.2) is 0 Å². The van der Waals surface area contributed by atoms with Crippen LogP contribution in [-0.2, 0) is 42.6 Å². The Bertz CT molecular complexity index is 1400. The topological polar surface area (TPSA) is 204 Å². The van der Waals surface area contributed by atoms with Crippen LogP contribution < -0.4 is 0 Å². The highest BCUT2D eigenvalue weighted by molar-refractivity contribution is 5.21. The lowest BCUT2D eigenvalue weighted by atomic mass is 9.46. The van der Waals surface area contributed by atoms with E-state index in [9.17, 15) is 30.6 Å². The molecule has 3 aliphatic heterocycles. The quantitative estimate of drug-likeness (QED) is 0.174. The van der Waals surface area contributed by atoms with Crippen LogP contribution in [0.4, 0.5) is 0 Å². The van der Waals surface area contributed by atoms with Crippen LogP contribution in [0.5, 0.6) is 0 Å². The molecule has 15 heteroatoms. The number of fused-ring (bicyclic) bond motifs is 5. The van der Waals surface area contributed by atoms with Gasteiger partial charge in [0.15, 0.2) is 18.9 Å². The van der Waals surface area contributed by atoms with E-state index in [1.807, 2.05) is 13.8 Å². The molecule has 6 N–H and O–H groups in total. The predicted octanol–water partition coefficient (Wildman–Crippen LogP) is 1.80. The monoisotopic (exact) mass is 814 g/mol. The first-order valence-electron chi connectivity index (χ1n) is 21.3. The Kier molecular flexibility index (Phi) is 13.0. The lowest BCUT2D eigenvalue weighted by molar-refractivity contribution is -0.360. The highest BCUT2D eigenvalue weighted by Crippen LogP contribution is 2.67. The Morgan fingerprint density at radius 1 is 0.614 bits per heavy atom. The van der Waals surface area contributed by atoms with Gasteiger partial charge in [-0.05, 0) is 102 Å². The Morgan fingerprint density at radius 2 is 1.16 bits per heavy atom. The average molecular weight is 815 g/mol. The number of allylic oxidation sites excluding steroid dienone is 2. The van der Waals surface area contributed by atoms with Crippen molar-refractivity contribution in [3.63, 3.8) is 0 Å². The maximum absolute atomic E-state index is 12.5. The summed E-state index contributed by atoms with van der Waals surface area (Å²) < 4.78 is 53.5. The van der Waals surface area contributed by atoms with Crippen molar-refractivity contribution in [1.82, 2.24) is 0 Å². The third-order valence-electron chi connectivity index (χ3n) is 16.1. The first-order valence-corrected chi connectivity index (χ1v) is 21.3. The van der Waals surface area contributed by atoms with E-state index >= 15 is 0 Å². The van der Waals surface area contributed by atoms with Crippen LogP contribution in [0.25, 0.3) is 0 Å². The van der Waals surface area contributed by atoms with Gasteiger partial charge in [-0.15, -0.1) is 0 Å². The SMILES string of the molecule is CO[C@H]1[C@@H](O)[C@@H](C)O[C@@H](O[C@@H]2[C@H](OC)[C@@H](O)[C@H](O[C@H]3CC[C@@]4(C)[C@@H](C=C[C@@H]5[C@@H]4CC[C@@]4(C)[C@H]5CC[C@]4(O)[C@H](C)O[C@@H]4O[C@H](C)[C@H](O)[C@H](OC)[C@H]4O)C3)O[C@@H]2C)[C@@H]1O. The van der Waals surface area contributed by atoms with Crippen LogP contribution in [0.15, 0.2) is 12.2 Å². The standard InChI is InChI=1S/C42H70O15/c1-19-28(43)34(49-7)30(45)37(52-19)55-22(4)42(48)17-14-27-25-11-10-23-18-24(12-15-40(23,5)26(25)13-16-41(27,42)6)56-38-32(47)36(51-9)33(21(3)54-38)57-39-31(46)35(50-8)29(44)20(2)53-39/h10-11,19-39,43-48H,12-18H2,1-9H3/t19-,20-,21-,22+,23+,24+,25-,26+,27+,28+,29+,30-,31-,32-,33+,34+,35+,36-,37+,38+,39+,40+,41+,42+/m1/s1. The second-order valence-electron chi connectivity index (χ2n) is 18.8. The summed E-state index contributed by atoms with van der Waals surface area (Å²) in [6, 6.07) is 0. The first kappa shape index (κ1) is 44.2. The molecule has 0 aromatic heterocycles. The van der Waals surface area contributed by atoms with E-state index in [0.29, 0.717) is 18.3 Å². The van der Waals surface area contributed by atoms with Crippen molar-refractivity contribution in [1.29, 1.82) is 0 Å². The van der Waals surface area contributed by atoms with Gasteiger partial charge in [0.1, 0.15) is 54.9 Å². The van der Waals surface area contributed by atoms with Crippen molar-refractivity contribution < 1.29 is 73.3 Å². The van der Waals surface area contributed by atoms with Crippen LogP contribution in [0.3, 0.4) is 0 Å². The third-order valence-corrected chi connectivity index (χ3v) is 16.1. The maximum atomic E-state index is 12.5. The fourth-order valence-electron chi connectivity index (χ4n) is 12.4. The fourth-order valence-corrected chi connectivity index (χ4v) is 12.4. The van der Waals surface area contributed by atoms with Crippen molar-refractivity contribution in [2.45, 2.75) is 196 Å². The summed E-state index contributed by atoms with van der Waals surface area (Å²) >= 11 is 0. The molecule has 3 saturated heterocycles. The second-order valence-corrected chi connectivity index (χ2v) is 18.8. The molecule has 0 aromatic carbocycles. The van der Waals surface area contributed by atoms with Crippen LogP contribution in [0.1, 0.15) is 86.5 Å². The zero-order chi connectivity index (χ0) is 41.4. The lowest BCUT2D eigenvalue weighted by Crippen LogP contribution is -2.64. The molecule has 6 fully saturated rings. The highest BCUT2D eigenvalue weighted by atomic mass is 16.7. The molecule has 7 aliphatic rings. The van der Waals surface area contributed by atoms with E-state index in [-0.39, 0.29) is 23.4 Å². The molecule has 0 amide bonds. The largest absolute Gasteiger partial charge is 0.388 e. The van der Waals surface area contributed by atoms with Crippen molar-refractivity contribution in [2.75, 3.05) is 21.3 Å². The van der Waals surface area contributed by atoms with Crippen molar-refractivity contribution in [3.8, 4) is 0 Å². The highest BCUT2D eigenvalue weighted by Gasteiger charge is 2.66. The summed E-state index contributed by atoms with van der Waals surface area (Å²) in [4.78, 5) is 0. The van der Waals surface area contributed by atoms with Crippen molar-refractivity contribution in [3.05, 3.63) is 12.2 Å². The Hall–Kier alpha value is -0.860. The van der Waals surface area contributed by atoms with E-state index in [0.717, 1.165) is 38.5 Å². The molecule has 0 unspecified atom stereocenters. The first-order chi connectivity index (χ1) is 26.9. The van der Waals surface area contributed by atoms with Gasteiger partial charge in [0.05, 0.1) is 36.1 Å². The molecule has 7 rings (SSSR count). The van der Waals surface area contributed by atoms with Crippen LogP contribution in [0.2, 0.25) is 0 Å². The van der Waals surface area contributed by atoms with Gasteiger partial charge in [0.2, 0.25) is 0 Å². The Balaban J connectivity index is 0.987. The van der Waals surface area contributed by atoms with E-state index in [1.54, 1.807) is 13.8 Å². The average Bonchev–Trinajstić information content (AvgIpc) is 3.46. The molecule has 3 saturated carbocycles. The predicted molar refractivity (Wildman–Crippen MR) is 202 cm³/mol. The molecule has 24 atom stereocenters. The second kappa shape index (κ2) is 16.8. The minimum absolute atomic E-state index is 0.0363. The van der Waals surface area contributed by atoms with E-state index < -0.39 is 109 Å². The molecule has 57 heavy (non-hydrogen) atoms. The zero-order valence-corrected chi connectivity index (χ0v) is 35.1. The number of rotatable bonds is 10. The number of aliphatic hydroxyl groups is 6. The minimum atomic E-state index is -1.27. The van der Waals surface area contributed by atoms with E-state index in [2.05, 4.69) is 26.0 Å². The normalized spacial score (nSPS) is 55.8. The summed E-state index contributed by atoms with van der Waals surface area (Å²) in [5, 5.41) is 66.7. The molecule has 3 heterocycles. The Labute approximate surface area is 337 Å². The molecular weight excluding hydrogens is 744 g/mol. The molecule has 0 spiro atoms. The van der Waals surface area contributed by atoms with Gasteiger partial charge in [-0.1, -0.05) is 26.0 Å². The molecule has 328 valence electrons. The fraction of sp³-hybridized carbons (Fsp3) is 0.952. The summed E-state index contributed by atoms with van der Waals surface area (Å²) in [6.07, 6.45) is -4.25. The van der Waals surface area contributed by atoms with Gasteiger partial charge in [-0.2, -0.15) is 0 Å². The van der Waals surface area contributed by atoms with E-state index in [4.69, 9.17) is 42.6 Å². The Morgan fingerprint density at radius 3 is 1.79 bits per heavy atom. The maximum Gasteiger partial charge on any atom is 0.187 e. The molecular formula is C42H70O15. The molecule has 15 nitrogen and oxygen atoms in total. The number of hydrogen-bond donors (Lipinski definition) is 6. The number of hydrogen-bond acceptors (Lipinski definition) is 15. The van der Waals surface area contributed by atoms with Gasteiger partial charge < -0.3 is 73.3 Å². The third kappa shape index (κ3) is 7.39. The van der Waals surface area contributed by atoms with Crippen molar-refractivity contribution in [2.24, 2.45) is 34.5 Å². The lowest BCUT2D eigenvalue weighted by Gasteiger charge is -2.60. The van der Waals surface area contributed by atoms with Crippen LogP contribution >= 0.6 is 0 Å².